The smallest absolute Gasteiger partial charge is 0.114 e. The first-order chi connectivity index (χ1) is 7.53. The van der Waals surface area contributed by atoms with E-state index in [4.69, 9.17) is 11.6 Å². The van der Waals surface area contributed by atoms with Crippen molar-refractivity contribution in [1.82, 2.24) is 0 Å². The van der Waals surface area contributed by atoms with Crippen LogP contribution in [0, 0.1) is 6.92 Å². The van der Waals surface area contributed by atoms with Crippen molar-refractivity contribution in [2.24, 2.45) is 0 Å². The van der Waals surface area contributed by atoms with Gasteiger partial charge in [0, 0.05) is 21.0 Å². The Kier molecular flexibility index (Phi) is 3.06. The van der Waals surface area contributed by atoms with E-state index >= 15 is 0 Å². The third-order valence-corrected chi connectivity index (χ3v) is 3.96. The average Bonchev–Trinajstić information content (AvgIpc) is 2.65. The molecule has 1 heterocycles. The Morgan fingerprint density at radius 3 is 2.44 bits per heavy atom. The van der Waals surface area contributed by atoms with Crippen LogP contribution in [0.25, 0.3) is 0 Å². The highest BCUT2D eigenvalue weighted by Gasteiger charge is 2.29. The van der Waals surface area contributed by atoms with Gasteiger partial charge in [0.25, 0.3) is 0 Å². The molecule has 0 aliphatic carbocycles. The van der Waals surface area contributed by atoms with Crippen LogP contribution in [0.4, 0.5) is 0 Å². The number of halogens is 1. The molecule has 1 N–H and O–H groups in total. The number of rotatable bonds is 2. The van der Waals surface area contributed by atoms with Crippen molar-refractivity contribution in [2.75, 3.05) is 0 Å². The molecule has 0 fully saturated rings. The van der Waals surface area contributed by atoms with Crippen molar-refractivity contribution < 1.29 is 5.11 Å². The molecule has 1 unspecified atom stereocenters. The monoisotopic (exact) mass is 252 g/mol. The number of hydrogen-bond donors (Lipinski definition) is 1. The summed E-state index contributed by atoms with van der Waals surface area (Å²) in [6.07, 6.45) is 0. The molecular formula is C13H13ClOS. The van der Waals surface area contributed by atoms with E-state index in [1.54, 1.807) is 24.3 Å². The van der Waals surface area contributed by atoms with Crippen LogP contribution in [0.1, 0.15) is 22.9 Å². The predicted octanol–water partition coefficient (Wildman–Crippen LogP) is 3.97. The number of thiophene rings is 1. The van der Waals surface area contributed by atoms with Crippen LogP contribution in [-0.4, -0.2) is 5.11 Å². The molecule has 0 spiro atoms. The molecule has 2 aromatic rings. The maximum absolute atomic E-state index is 10.6. The first-order valence-electron chi connectivity index (χ1n) is 5.05. The van der Waals surface area contributed by atoms with Gasteiger partial charge in [-0.15, -0.1) is 11.3 Å². The van der Waals surface area contributed by atoms with Crippen molar-refractivity contribution >= 4 is 22.9 Å². The van der Waals surface area contributed by atoms with Gasteiger partial charge in [0.15, 0.2) is 0 Å². The highest BCUT2D eigenvalue weighted by atomic mass is 35.5. The van der Waals surface area contributed by atoms with Crippen molar-refractivity contribution in [3.63, 3.8) is 0 Å². The number of aliphatic hydroxyl groups is 1. The first-order valence-corrected chi connectivity index (χ1v) is 6.31. The van der Waals surface area contributed by atoms with Gasteiger partial charge in [-0.25, -0.2) is 0 Å². The molecule has 1 aromatic carbocycles. The Labute approximate surface area is 104 Å². The summed E-state index contributed by atoms with van der Waals surface area (Å²) in [5.41, 5.74) is 0.645. The summed E-state index contributed by atoms with van der Waals surface area (Å²) in [6, 6.07) is 9.36. The van der Waals surface area contributed by atoms with Gasteiger partial charge in [-0.3, -0.25) is 0 Å². The fourth-order valence-corrected chi connectivity index (χ4v) is 3.01. The lowest BCUT2D eigenvalue weighted by atomic mass is 9.89. The van der Waals surface area contributed by atoms with E-state index in [0.717, 1.165) is 16.0 Å². The van der Waals surface area contributed by atoms with Crippen LogP contribution >= 0.6 is 22.9 Å². The van der Waals surface area contributed by atoms with Gasteiger partial charge in [0.2, 0.25) is 0 Å². The second-order valence-electron chi connectivity index (χ2n) is 3.94. The van der Waals surface area contributed by atoms with Gasteiger partial charge in [-0.2, -0.15) is 0 Å². The molecule has 0 saturated carbocycles. The lowest BCUT2D eigenvalue weighted by Gasteiger charge is -2.25. The van der Waals surface area contributed by atoms with E-state index in [2.05, 4.69) is 0 Å². The summed E-state index contributed by atoms with van der Waals surface area (Å²) < 4.78 is 0. The van der Waals surface area contributed by atoms with E-state index in [9.17, 15) is 5.11 Å². The normalized spacial score (nSPS) is 14.8. The summed E-state index contributed by atoms with van der Waals surface area (Å²) in [5.74, 6) is 0. The van der Waals surface area contributed by atoms with Gasteiger partial charge in [-0.05, 0) is 31.4 Å². The molecule has 16 heavy (non-hydrogen) atoms. The number of aryl methyl sites for hydroxylation is 1. The lowest BCUT2D eigenvalue weighted by molar-refractivity contribution is 0.102. The van der Waals surface area contributed by atoms with Crippen LogP contribution in [0.5, 0.6) is 0 Å². The molecule has 0 amide bonds. The molecule has 84 valence electrons. The maximum atomic E-state index is 10.6. The molecule has 0 radical (unpaired) electrons. The highest BCUT2D eigenvalue weighted by molar-refractivity contribution is 7.10. The minimum absolute atomic E-state index is 0.595. The van der Waals surface area contributed by atoms with Gasteiger partial charge >= 0.3 is 0 Å². The second-order valence-corrected chi connectivity index (χ2v) is 5.47. The quantitative estimate of drug-likeness (QED) is 0.858. The molecule has 1 atom stereocenters. The summed E-state index contributed by atoms with van der Waals surface area (Å²) >= 11 is 7.75. The number of benzene rings is 1. The van der Waals surface area contributed by atoms with E-state index in [1.807, 2.05) is 36.6 Å². The zero-order valence-corrected chi connectivity index (χ0v) is 10.8. The summed E-state index contributed by atoms with van der Waals surface area (Å²) in [6.45, 7) is 3.79. The van der Waals surface area contributed by atoms with Crippen LogP contribution in [0.3, 0.4) is 0 Å². The molecule has 1 aromatic heterocycles. The molecule has 0 aliphatic rings. The van der Waals surface area contributed by atoms with Crippen molar-refractivity contribution in [3.8, 4) is 0 Å². The van der Waals surface area contributed by atoms with Crippen LogP contribution in [0.15, 0.2) is 35.7 Å². The van der Waals surface area contributed by atoms with E-state index in [0.29, 0.717) is 5.02 Å². The van der Waals surface area contributed by atoms with Crippen molar-refractivity contribution in [1.29, 1.82) is 0 Å². The van der Waals surface area contributed by atoms with Crippen LogP contribution in [-0.2, 0) is 5.60 Å². The van der Waals surface area contributed by atoms with Gasteiger partial charge < -0.3 is 5.11 Å². The minimum Gasteiger partial charge on any atom is -0.381 e. The molecule has 1 nitrogen and oxygen atoms in total. The van der Waals surface area contributed by atoms with Gasteiger partial charge in [-0.1, -0.05) is 29.8 Å². The zero-order valence-electron chi connectivity index (χ0n) is 9.20. The largest absolute Gasteiger partial charge is 0.381 e. The second kappa shape index (κ2) is 4.21. The topological polar surface area (TPSA) is 20.2 Å². The maximum Gasteiger partial charge on any atom is 0.114 e. The predicted molar refractivity (Wildman–Crippen MR) is 69.2 cm³/mol. The molecule has 3 heteroatoms. The Morgan fingerprint density at radius 2 is 1.88 bits per heavy atom. The molecule has 0 aliphatic heterocycles. The highest BCUT2D eigenvalue weighted by Crippen LogP contribution is 2.36. The Balaban J connectivity index is 2.55. The fraction of sp³-hybridized carbons (Fsp3) is 0.231. The van der Waals surface area contributed by atoms with E-state index in [1.165, 1.54) is 0 Å². The third-order valence-electron chi connectivity index (χ3n) is 2.78. The van der Waals surface area contributed by atoms with Crippen molar-refractivity contribution in [3.05, 3.63) is 56.7 Å². The minimum atomic E-state index is -1.03. The molecular weight excluding hydrogens is 240 g/mol. The van der Waals surface area contributed by atoms with E-state index < -0.39 is 5.60 Å². The fourth-order valence-electron chi connectivity index (χ4n) is 1.89. The van der Waals surface area contributed by atoms with Crippen LogP contribution in [0.2, 0.25) is 5.02 Å². The molecule has 2 rings (SSSR count). The Hall–Kier alpha value is -0.830. The van der Waals surface area contributed by atoms with Gasteiger partial charge in [0.1, 0.15) is 5.60 Å². The number of hydrogen-bond acceptors (Lipinski definition) is 2. The molecule has 0 saturated heterocycles. The summed E-state index contributed by atoms with van der Waals surface area (Å²) in [7, 11) is 0. The zero-order chi connectivity index (χ0) is 11.8. The Morgan fingerprint density at radius 1 is 1.19 bits per heavy atom. The first kappa shape index (κ1) is 11.6. The SMILES string of the molecule is Cc1sccc1C(C)(O)c1ccccc1Cl. The van der Waals surface area contributed by atoms with Gasteiger partial charge in [0.05, 0.1) is 0 Å². The third kappa shape index (κ3) is 1.88. The summed E-state index contributed by atoms with van der Waals surface area (Å²) in [5, 5.41) is 13.2. The van der Waals surface area contributed by atoms with E-state index in [-0.39, 0.29) is 0 Å². The Bertz CT molecular complexity index is 502. The van der Waals surface area contributed by atoms with Crippen LogP contribution < -0.4 is 0 Å². The van der Waals surface area contributed by atoms with Crippen molar-refractivity contribution in [2.45, 2.75) is 19.4 Å². The lowest BCUT2D eigenvalue weighted by Crippen LogP contribution is -2.23. The average molecular weight is 253 g/mol. The standard InChI is InChI=1S/C13H13ClOS/c1-9-10(7-8-16-9)13(2,15)11-5-3-4-6-12(11)14/h3-8,15H,1-2H3. The summed E-state index contributed by atoms with van der Waals surface area (Å²) in [4.78, 5) is 1.12. The molecule has 0 bridgehead atoms.